The monoisotopic (exact) mass is 287 g/mol. The first-order chi connectivity index (χ1) is 9.22. The van der Waals surface area contributed by atoms with E-state index in [2.05, 4.69) is 5.32 Å². The zero-order valence-electron chi connectivity index (χ0n) is 10.2. The van der Waals surface area contributed by atoms with E-state index in [0.29, 0.717) is 12.1 Å². The van der Waals surface area contributed by atoms with Crippen LogP contribution in [-0.2, 0) is 4.79 Å². The van der Waals surface area contributed by atoms with Gasteiger partial charge in [0, 0.05) is 6.07 Å². The highest BCUT2D eigenvalue weighted by atomic mass is 19.2. The van der Waals surface area contributed by atoms with Crippen LogP contribution < -0.4 is 16.4 Å². The van der Waals surface area contributed by atoms with Gasteiger partial charge >= 0.3 is 12.0 Å². The van der Waals surface area contributed by atoms with Gasteiger partial charge in [0.15, 0.2) is 11.6 Å². The van der Waals surface area contributed by atoms with Crippen molar-refractivity contribution in [1.82, 2.24) is 5.32 Å². The molecule has 0 radical (unpaired) electrons. The van der Waals surface area contributed by atoms with Gasteiger partial charge in [0.25, 0.3) is 0 Å². The minimum absolute atomic E-state index is 0.435. The molecule has 3 amide bonds. The molecule has 0 saturated carbocycles. The average Bonchev–Trinajstić information content (AvgIpc) is 2.32. The molecule has 1 aromatic rings. The zero-order chi connectivity index (χ0) is 15.4. The highest BCUT2D eigenvalue weighted by Gasteiger charge is 2.18. The first-order valence-corrected chi connectivity index (χ1v) is 5.31. The number of aromatic carboxylic acids is 1. The van der Waals surface area contributed by atoms with Crippen molar-refractivity contribution >= 4 is 23.6 Å². The van der Waals surface area contributed by atoms with Crippen molar-refractivity contribution in [2.75, 3.05) is 5.32 Å². The van der Waals surface area contributed by atoms with Gasteiger partial charge in [0.1, 0.15) is 6.04 Å². The van der Waals surface area contributed by atoms with Gasteiger partial charge in [-0.1, -0.05) is 0 Å². The minimum atomic E-state index is -1.55. The Bertz CT molecular complexity index is 577. The number of carboxylic acids is 1. The summed E-state index contributed by atoms with van der Waals surface area (Å²) < 4.78 is 26.0. The highest BCUT2D eigenvalue weighted by molar-refractivity contribution is 6.00. The number of benzene rings is 1. The van der Waals surface area contributed by atoms with Gasteiger partial charge in [-0.05, 0) is 13.0 Å². The van der Waals surface area contributed by atoms with Crippen molar-refractivity contribution in [1.29, 1.82) is 0 Å². The zero-order valence-corrected chi connectivity index (χ0v) is 10.2. The Morgan fingerprint density at radius 3 is 2.30 bits per heavy atom. The predicted molar refractivity (Wildman–Crippen MR) is 64.1 cm³/mol. The summed E-state index contributed by atoms with van der Waals surface area (Å²) in [6.45, 7) is 1.30. The fourth-order valence-corrected chi connectivity index (χ4v) is 1.25. The number of carboxylic acid groups (broad SMARTS) is 1. The quantitative estimate of drug-likeness (QED) is 0.649. The summed E-state index contributed by atoms with van der Waals surface area (Å²) in [5, 5.41) is 12.9. The molecule has 7 nitrogen and oxygen atoms in total. The Morgan fingerprint density at radius 1 is 1.25 bits per heavy atom. The van der Waals surface area contributed by atoms with E-state index >= 15 is 0 Å². The average molecular weight is 287 g/mol. The molecule has 1 unspecified atom stereocenters. The van der Waals surface area contributed by atoms with E-state index in [9.17, 15) is 23.2 Å². The molecule has 1 rings (SSSR count). The summed E-state index contributed by atoms with van der Waals surface area (Å²) in [6.07, 6.45) is 0. The fourth-order valence-electron chi connectivity index (χ4n) is 1.25. The van der Waals surface area contributed by atoms with E-state index in [4.69, 9.17) is 10.8 Å². The van der Waals surface area contributed by atoms with Crippen molar-refractivity contribution in [3.05, 3.63) is 29.3 Å². The third kappa shape index (κ3) is 3.64. The van der Waals surface area contributed by atoms with Gasteiger partial charge in [-0.25, -0.2) is 18.4 Å². The lowest BCUT2D eigenvalue weighted by Gasteiger charge is -2.13. The largest absolute Gasteiger partial charge is 0.478 e. The summed E-state index contributed by atoms with van der Waals surface area (Å²) in [7, 11) is 0. The third-order valence-corrected chi connectivity index (χ3v) is 2.31. The third-order valence-electron chi connectivity index (χ3n) is 2.31. The van der Waals surface area contributed by atoms with Crippen molar-refractivity contribution < 1.29 is 28.3 Å². The van der Waals surface area contributed by atoms with E-state index < -0.39 is 46.8 Å². The van der Waals surface area contributed by atoms with Gasteiger partial charge in [-0.15, -0.1) is 0 Å². The highest BCUT2D eigenvalue weighted by Crippen LogP contribution is 2.20. The molecule has 0 fully saturated rings. The van der Waals surface area contributed by atoms with Gasteiger partial charge in [-0.3, -0.25) is 4.79 Å². The molecular weight excluding hydrogens is 276 g/mol. The van der Waals surface area contributed by atoms with E-state index in [1.807, 2.05) is 5.32 Å². The van der Waals surface area contributed by atoms with Gasteiger partial charge in [-0.2, -0.15) is 0 Å². The van der Waals surface area contributed by atoms with E-state index in [0.717, 1.165) is 0 Å². The lowest BCUT2D eigenvalue weighted by Crippen LogP contribution is -2.44. The molecule has 0 aliphatic carbocycles. The second-order valence-corrected chi connectivity index (χ2v) is 3.84. The molecule has 5 N–H and O–H groups in total. The molecule has 1 aromatic carbocycles. The Balaban J connectivity index is 2.97. The fraction of sp³-hybridized carbons (Fsp3) is 0.182. The maximum absolute atomic E-state index is 13.1. The molecule has 0 saturated heterocycles. The van der Waals surface area contributed by atoms with Crippen LogP contribution in [0.5, 0.6) is 0 Å². The van der Waals surface area contributed by atoms with Crippen LogP contribution >= 0.6 is 0 Å². The Hall–Kier alpha value is -2.71. The van der Waals surface area contributed by atoms with Crippen LogP contribution in [0.3, 0.4) is 0 Å². The summed E-state index contributed by atoms with van der Waals surface area (Å²) in [5.41, 5.74) is 3.83. The topological polar surface area (TPSA) is 122 Å². The number of carbonyl (C=O) groups is 3. The molecule has 20 heavy (non-hydrogen) atoms. The number of urea groups is 1. The van der Waals surface area contributed by atoms with Crippen molar-refractivity contribution in [3.8, 4) is 0 Å². The summed E-state index contributed by atoms with van der Waals surface area (Å²) in [5.74, 6) is -5.06. The second kappa shape index (κ2) is 5.95. The lowest BCUT2D eigenvalue weighted by molar-refractivity contribution is -0.119. The maximum Gasteiger partial charge on any atom is 0.337 e. The van der Waals surface area contributed by atoms with Crippen LogP contribution in [0.2, 0.25) is 0 Å². The van der Waals surface area contributed by atoms with Gasteiger partial charge < -0.3 is 21.5 Å². The molecule has 0 aromatic heterocycles. The Morgan fingerprint density at radius 2 is 1.80 bits per heavy atom. The summed E-state index contributed by atoms with van der Waals surface area (Å²) in [4.78, 5) is 33.1. The number of primary amides is 1. The summed E-state index contributed by atoms with van der Waals surface area (Å²) >= 11 is 0. The minimum Gasteiger partial charge on any atom is -0.478 e. The van der Waals surface area contributed by atoms with Crippen molar-refractivity contribution in [2.24, 2.45) is 5.73 Å². The number of nitrogens with two attached hydrogens (primary N) is 1. The Kier molecular flexibility index (Phi) is 4.57. The molecule has 0 aliphatic rings. The first-order valence-electron chi connectivity index (χ1n) is 5.31. The first kappa shape index (κ1) is 15.3. The number of hydrogen-bond donors (Lipinski definition) is 4. The molecule has 0 bridgehead atoms. The number of carbonyl (C=O) groups excluding carboxylic acids is 2. The number of amides is 3. The normalized spacial score (nSPS) is 11.6. The number of halogens is 2. The van der Waals surface area contributed by atoms with Crippen molar-refractivity contribution in [3.63, 3.8) is 0 Å². The molecule has 0 spiro atoms. The molecule has 0 aliphatic heterocycles. The van der Waals surface area contributed by atoms with Crippen LogP contribution in [-0.4, -0.2) is 29.1 Å². The number of nitrogens with one attached hydrogen (secondary N) is 2. The molecule has 108 valence electrons. The lowest BCUT2D eigenvalue weighted by atomic mass is 10.1. The standard InChI is InChI=1S/C11H11F2N3O4/c1-4(9(14)17)15-11(20)16-8-3-7(13)6(12)2-5(8)10(18)19/h2-4H,1H3,(H2,14,17)(H,18,19)(H2,15,16,20). The predicted octanol–water partition coefficient (Wildman–Crippen LogP) is 0.658. The van der Waals surface area contributed by atoms with Crippen LogP contribution in [0.25, 0.3) is 0 Å². The molecular formula is C11H11F2N3O4. The van der Waals surface area contributed by atoms with Crippen LogP contribution in [0.4, 0.5) is 19.3 Å². The number of anilines is 1. The van der Waals surface area contributed by atoms with E-state index in [1.165, 1.54) is 6.92 Å². The van der Waals surface area contributed by atoms with Crippen LogP contribution in [0, 0.1) is 11.6 Å². The molecule has 0 heterocycles. The molecule has 1 atom stereocenters. The van der Waals surface area contributed by atoms with Gasteiger partial charge in [0.05, 0.1) is 11.3 Å². The smallest absolute Gasteiger partial charge is 0.337 e. The van der Waals surface area contributed by atoms with E-state index in [1.54, 1.807) is 0 Å². The molecule has 9 heteroatoms. The van der Waals surface area contributed by atoms with E-state index in [-0.39, 0.29) is 0 Å². The SMILES string of the molecule is CC(NC(=O)Nc1cc(F)c(F)cc1C(=O)O)C(N)=O. The summed E-state index contributed by atoms with van der Waals surface area (Å²) in [6, 6.07) is -1.05. The van der Waals surface area contributed by atoms with Gasteiger partial charge in [0.2, 0.25) is 5.91 Å². The Labute approximate surface area is 111 Å². The van der Waals surface area contributed by atoms with Crippen molar-refractivity contribution in [2.45, 2.75) is 13.0 Å². The number of rotatable bonds is 4. The van der Waals surface area contributed by atoms with Crippen LogP contribution in [0.1, 0.15) is 17.3 Å². The van der Waals surface area contributed by atoms with Crippen LogP contribution in [0.15, 0.2) is 12.1 Å². The maximum atomic E-state index is 13.1. The number of hydrogen-bond acceptors (Lipinski definition) is 3. The second-order valence-electron chi connectivity index (χ2n) is 3.84.